The number of carbonyl (C=O) groups excluding carboxylic acids is 1. The average Bonchev–Trinajstić information content (AvgIpc) is 2.39. The second-order valence-corrected chi connectivity index (χ2v) is 6.44. The predicted octanol–water partition coefficient (Wildman–Crippen LogP) is 1.78. The van der Waals surface area contributed by atoms with Gasteiger partial charge in [-0.15, -0.1) is 0 Å². The zero-order chi connectivity index (χ0) is 11.9. The van der Waals surface area contributed by atoms with Crippen molar-refractivity contribution in [2.24, 2.45) is 5.92 Å². The highest BCUT2D eigenvalue weighted by molar-refractivity contribution is 7.99. The summed E-state index contributed by atoms with van der Waals surface area (Å²) in [5, 5.41) is 6.55. The van der Waals surface area contributed by atoms with Crippen molar-refractivity contribution >= 4 is 17.7 Å². The van der Waals surface area contributed by atoms with E-state index in [0.717, 1.165) is 19.5 Å². The molecule has 2 aliphatic rings. The lowest BCUT2D eigenvalue weighted by Crippen LogP contribution is -2.43. The quantitative estimate of drug-likeness (QED) is 0.805. The molecule has 98 valence electrons. The van der Waals surface area contributed by atoms with Crippen molar-refractivity contribution in [3.63, 3.8) is 0 Å². The molecule has 0 aromatic heterocycles. The van der Waals surface area contributed by atoms with Crippen molar-refractivity contribution in [1.29, 1.82) is 0 Å². The summed E-state index contributed by atoms with van der Waals surface area (Å²) in [5.74, 6) is 3.37. The predicted molar refractivity (Wildman–Crippen MR) is 73.3 cm³/mol. The van der Waals surface area contributed by atoms with E-state index in [1.807, 2.05) is 11.8 Å². The molecule has 0 spiro atoms. The lowest BCUT2D eigenvalue weighted by Gasteiger charge is -2.25. The van der Waals surface area contributed by atoms with Crippen LogP contribution in [0.2, 0.25) is 0 Å². The minimum Gasteiger partial charge on any atom is -0.355 e. The maximum Gasteiger partial charge on any atom is 0.220 e. The Morgan fingerprint density at radius 3 is 2.76 bits per heavy atom. The Hall–Kier alpha value is -0.220. The van der Waals surface area contributed by atoms with Crippen LogP contribution >= 0.6 is 11.8 Å². The van der Waals surface area contributed by atoms with E-state index in [2.05, 4.69) is 10.6 Å². The van der Waals surface area contributed by atoms with Crippen LogP contribution in [0.4, 0.5) is 0 Å². The summed E-state index contributed by atoms with van der Waals surface area (Å²) >= 11 is 2.02. The Kier molecular flexibility index (Phi) is 5.65. The first-order chi connectivity index (χ1) is 8.34. The summed E-state index contributed by atoms with van der Waals surface area (Å²) in [4.78, 5) is 11.8. The fraction of sp³-hybridized carbons (Fsp3) is 0.923. The van der Waals surface area contributed by atoms with E-state index in [-0.39, 0.29) is 5.91 Å². The fourth-order valence-electron chi connectivity index (χ4n) is 2.62. The van der Waals surface area contributed by atoms with Crippen LogP contribution in [0.3, 0.4) is 0 Å². The molecule has 0 aromatic carbocycles. The van der Waals surface area contributed by atoms with Crippen molar-refractivity contribution in [3.05, 3.63) is 0 Å². The first kappa shape index (κ1) is 13.2. The van der Waals surface area contributed by atoms with Crippen LogP contribution in [0.15, 0.2) is 0 Å². The summed E-state index contributed by atoms with van der Waals surface area (Å²) in [6, 6.07) is 0.509. The Morgan fingerprint density at radius 1 is 1.24 bits per heavy atom. The summed E-state index contributed by atoms with van der Waals surface area (Å²) in [6.45, 7) is 1.93. The molecular weight excluding hydrogens is 232 g/mol. The lowest BCUT2D eigenvalue weighted by atomic mass is 9.98. The van der Waals surface area contributed by atoms with Crippen molar-refractivity contribution in [1.82, 2.24) is 10.6 Å². The molecule has 2 N–H and O–H groups in total. The van der Waals surface area contributed by atoms with E-state index in [1.54, 1.807) is 0 Å². The molecule has 2 rings (SSSR count). The first-order valence-corrected chi connectivity index (χ1v) is 8.08. The number of hydrogen-bond acceptors (Lipinski definition) is 3. The summed E-state index contributed by atoms with van der Waals surface area (Å²) < 4.78 is 0. The molecule has 1 amide bonds. The van der Waals surface area contributed by atoms with Crippen LogP contribution in [0, 0.1) is 5.92 Å². The van der Waals surface area contributed by atoms with Gasteiger partial charge in [0.1, 0.15) is 0 Å². The van der Waals surface area contributed by atoms with Crippen LogP contribution in [-0.4, -0.2) is 36.5 Å². The van der Waals surface area contributed by atoms with Gasteiger partial charge in [0.15, 0.2) is 0 Å². The van der Waals surface area contributed by atoms with E-state index in [9.17, 15) is 4.79 Å². The molecule has 2 fully saturated rings. The second kappa shape index (κ2) is 7.27. The maximum absolute atomic E-state index is 11.8. The molecular formula is C13H24N2OS. The number of nitrogens with one attached hydrogen (secondary N) is 2. The van der Waals surface area contributed by atoms with Gasteiger partial charge in [-0.1, -0.05) is 6.42 Å². The van der Waals surface area contributed by atoms with Crippen molar-refractivity contribution < 1.29 is 4.79 Å². The minimum absolute atomic E-state index is 0.259. The van der Waals surface area contributed by atoms with Gasteiger partial charge >= 0.3 is 0 Å². The molecule has 1 unspecified atom stereocenters. The molecule has 3 nitrogen and oxygen atoms in total. The molecule has 2 heterocycles. The van der Waals surface area contributed by atoms with E-state index in [1.165, 1.54) is 43.6 Å². The molecule has 0 aromatic rings. The van der Waals surface area contributed by atoms with Gasteiger partial charge in [-0.25, -0.2) is 0 Å². The Morgan fingerprint density at radius 2 is 2.06 bits per heavy atom. The molecule has 17 heavy (non-hydrogen) atoms. The fourth-order valence-corrected chi connectivity index (χ4v) is 3.82. The van der Waals surface area contributed by atoms with Crippen molar-refractivity contribution in [2.45, 2.75) is 44.6 Å². The van der Waals surface area contributed by atoms with E-state index < -0.39 is 0 Å². The van der Waals surface area contributed by atoms with Crippen LogP contribution in [0.25, 0.3) is 0 Å². The van der Waals surface area contributed by atoms with E-state index >= 15 is 0 Å². The highest BCUT2D eigenvalue weighted by Crippen LogP contribution is 2.25. The average molecular weight is 256 g/mol. The van der Waals surface area contributed by atoms with Gasteiger partial charge in [0.2, 0.25) is 5.91 Å². The van der Waals surface area contributed by atoms with Gasteiger partial charge in [0.25, 0.3) is 0 Å². The third-order valence-electron chi connectivity index (χ3n) is 3.77. The minimum atomic E-state index is 0.259. The van der Waals surface area contributed by atoms with E-state index in [4.69, 9.17) is 0 Å². The second-order valence-electron chi connectivity index (χ2n) is 5.21. The van der Waals surface area contributed by atoms with Gasteiger partial charge in [-0.05, 0) is 49.7 Å². The zero-order valence-corrected chi connectivity index (χ0v) is 11.4. The normalized spacial score (nSPS) is 26.7. The topological polar surface area (TPSA) is 41.1 Å². The standard InChI is InChI=1S/C13H24N2OS/c16-13(9-11-4-7-17-8-5-11)15-10-12-3-1-2-6-14-12/h11-12,14H,1-10H2,(H,15,16). The van der Waals surface area contributed by atoms with Crippen LogP contribution in [0.5, 0.6) is 0 Å². The Labute approximate surface area is 108 Å². The number of rotatable bonds is 4. The van der Waals surface area contributed by atoms with Gasteiger partial charge in [-0.2, -0.15) is 11.8 Å². The number of piperidine rings is 1. The molecule has 0 radical (unpaired) electrons. The van der Waals surface area contributed by atoms with Crippen molar-refractivity contribution in [2.75, 3.05) is 24.6 Å². The summed E-state index contributed by atoms with van der Waals surface area (Å²) in [5.41, 5.74) is 0. The molecule has 2 saturated heterocycles. The van der Waals surface area contributed by atoms with E-state index in [0.29, 0.717) is 12.0 Å². The number of thioether (sulfide) groups is 1. The monoisotopic (exact) mass is 256 g/mol. The third kappa shape index (κ3) is 4.88. The summed E-state index contributed by atoms with van der Waals surface area (Å²) in [7, 11) is 0. The largest absolute Gasteiger partial charge is 0.355 e. The highest BCUT2D eigenvalue weighted by Gasteiger charge is 2.18. The molecule has 1 atom stereocenters. The Bertz CT molecular complexity index is 236. The van der Waals surface area contributed by atoms with Gasteiger partial charge in [0.05, 0.1) is 0 Å². The number of amides is 1. The molecule has 0 aliphatic carbocycles. The SMILES string of the molecule is O=C(CC1CCSCC1)NCC1CCCCN1. The van der Waals surface area contributed by atoms with Gasteiger partial charge < -0.3 is 10.6 Å². The first-order valence-electron chi connectivity index (χ1n) is 6.92. The lowest BCUT2D eigenvalue weighted by molar-refractivity contribution is -0.122. The van der Waals surface area contributed by atoms with Gasteiger partial charge in [-0.3, -0.25) is 4.79 Å². The zero-order valence-electron chi connectivity index (χ0n) is 10.5. The number of carbonyl (C=O) groups is 1. The summed E-state index contributed by atoms with van der Waals surface area (Å²) in [6.07, 6.45) is 6.98. The third-order valence-corrected chi connectivity index (χ3v) is 4.82. The van der Waals surface area contributed by atoms with Crippen LogP contribution in [-0.2, 0) is 4.79 Å². The molecule has 0 saturated carbocycles. The molecule has 4 heteroatoms. The van der Waals surface area contributed by atoms with Crippen LogP contribution in [0.1, 0.15) is 38.5 Å². The van der Waals surface area contributed by atoms with Crippen molar-refractivity contribution in [3.8, 4) is 0 Å². The highest BCUT2D eigenvalue weighted by atomic mass is 32.2. The van der Waals surface area contributed by atoms with Gasteiger partial charge in [0, 0.05) is 19.0 Å². The maximum atomic E-state index is 11.8. The molecule has 2 aliphatic heterocycles. The Balaban J connectivity index is 1.59. The number of hydrogen-bond donors (Lipinski definition) is 2. The smallest absolute Gasteiger partial charge is 0.220 e. The molecule has 0 bridgehead atoms. The van der Waals surface area contributed by atoms with Crippen LogP contribution < -0.4 is 10.6 Å².